The van der Waals surface area contributed by atoms with E-state index in [1.165, 1.54) is 0 Å². The normalized spacial score (nSPS) is 15.0. The van der Waals surface area contributed by atoms with Gasteiger partial charge in [0.2, 0.25) is 0 Å². The number of benzene rings is 2. The Balaban J connectivity index is 2.64. The van der Waals surface area contributed by atoms with Gasteiger partial charge >= 0.3 is 0 Å². The van der Waals surface area contributed by atoms with Gasteiger partial charge in [0.1, 0.15) is 20.8 Å². The molecule has 0 aliphatic heterocycles. The van der Waals surface area contributed by atoms with Crippen LogP contribution in [0, 0.1) is 0 Å². The van der Waals surface area contributed by atoms with Crippen molar-refractivity contribution in [2.24, 2.45) is 0 Å². The van der Waals surface area contributed by atoms with E-state index >= 15 is 0 Å². The predicted molar refractivity (Wildman–Crippen MR) is 68.5 cm³/mol. The third kappa shape index (κ3) is 2.42. The average molecular weight is 293 g/mol. The zero-order valence-corrected chi connectivity index (χ0v) is 11.0. The maximum absolute atomic E-state index is 11.3. The van der Waals surface area contributed by atoms with Crippen LogP contribution in [0.2, 0.25) is 0 Å². The summed E-state index contributed by atoms with van der Waals surface area (Å²) in [6.45, 7) is 0. The monoisotopic (exact) mass is 292 g/mol. The van der Waals surface area contributed by atoms with Crippen LogP contribution in [0.3, 0.4) is 0 Å². The standard InChI is InChI=1S/C10H6Cl2O2S2/c11-15(13)8-4-5-9-7(6-8)2-1-3-10(9)16(12)14/h1-6H. The molecule has 0 spiro atoms. The van der Waals surface area contributed by atoms with Crippen LogP contribution >= 0.6 is 21.4 Å². The van der Waals surface area contributed by atoms with Crippen LogP contribution < -0.4 is 0 Å². The highest BCUT2D eigenvalue weighted by Crippen LogP contribution is 2.28. The van der Waals surface area contributed by atoms with Gasteiger partial charge in [0.15, 0.2) is 31.2 Å². The Hall–Kier alpha value is -0.100. The van der Waals surface area contributed by atoms with Gasteiger partial charge in [-0.15, -0.1) is 0 Å². The molecule has 0 saturated heterocycles. The van der Waals surface area contributed by atoms with E-state index in [9.17, 15) is 9.11 Å². The smallest absolute Gasteiger partial charge is 0.181 e. The number of hydrogen-bond acceptors (Lipinski definition) is 2. The molecule has 0 amide bonds. The summed E-state index contributed by atoms with van der Waals surface area (Å²) in [5, 5.41) is 1.60. The zero-order valence-electron chi connectivity index (χ0n) is 7.85. The van der Waals surface area contributed by atoms with Crippen LogP contribution in [0.25, 0.3) is 10.8 Å². The van der Waals surface area contributed by atoms with E-state index in [4.69, 9.17) is 21.4 Å². The minimum absolute atomic E-state index is 0.520. The first-order chi connectivity index (χ1) is 7.59. The van der Waals surface area contributed by atoms with Crippen molar-refractivity contribution in [1.82, 2.24) is 0 Å². The molecular formula is C10H6Cl2O2S2. The van der Waals surface area contributed by atoms with Crippen molar-refractivity contribution in [1.29, 1.82) is 0 Å². The summed E-state index contributed by atoms with van der Waals surface area (Å²) in [4.78, 5) is 1.07. The summed E-state index contributed by atoms with van der Waals surface area (Å²) in [6.07, 6.45) is 0. The minimum atomic E-state index is -1.56. The zero-order chi connectivity index (χ0) is 11.7. The highest BCUT2D eigenvalue weighted by atomic mass is 35.7. The molecule has 2 aromatic carbocycles. The molecule has 0 N–H and O–H groups in total. The quantitative estimate of drug-likeness (QED) is 0.797. The molecule has 0 fully saturated rings. The van der Waals surface area contributed by atoms with Gasteiger partial charge in [0, 0.05) is 11.5 Å². The SMILES string of the molecule is [O-][S+](Cl)c1ccc2c([S+]([O-])Cl)cccc2c1. The summed E-state index contributed by atoms with van der Waals surface area (Å²) in [6, 6.07) is 10.3. The van der Waals surface area contributed by atoms with Crippen LogP contribution in [0.5, 0.6) is 0 Å². The lowest BCUT2D eigenvalue weighted by atomic mass is 10.1. The van der Waals surface area contributed by atoms with Crippen LogP contribution in [0.4, 0.5) is 0 Å². The molecule has 2 rings (SSSR count). The van der Waals surface area contributed by atoms with Gasteiger partial charge in [-0.25, -0.2) is 0 Å². The van der Waals surface area contributed by atoms with E-state index < -0.39 is 20.8 Å². The second-order valence-corrected chi connectivity index (χ2v) is 6.57. The Kier molecular flexibility index (Phi) is 3.89. The molecule has 2 aromatic rings. The van der Waals surface area contributed by atoms with Crippen molar-refractivity contribution < 1.29 is 9.11 Å². The second-order valence-electron chi connectivity index (χ2n) is 3.09. The van der Waals surface area contributed by atoms with Crippen molar-refractivity contribution >= 4 is 52.9 Å². The predicted octanol–water partition coefficient (Wildman–Crippen LogP) is 3.36. The molecule has 0 heterocycles. The second kappa shape index (κ2) is 5.04. The lowest BCUT2D eigenvalue weighted by Crippen LogP contribution is -1.94. The largest absolute Gasteiger partial charge is 0.594 e. The van der Waals surface area contributed by atoms with Crippen LogP contribution in [0.15, 0.2) is 46.2 Å². The molecule has 0 saturated carbocycles. The fourth-order valence-electron chi connectivity index (χ4n) is 1.47. The Morgan fingerprint density at radius 1 is 0.938 bits per heavy atom. The third-order valence-electron chi connectivity index (χ3n) is 2.17. The summed E-state index contributed by atoms with van der Waals surface area (Å²) >= 11 is 0. The van der Waals surface area contributed by atoms with Crippen molar-refractivity contribution in [2.45, 2.75) is 9.79 Å². The third-order valence-corrected chi connectivity index (χ3v) is 4.53. The van der Waals surface area contributed by atoms with Gasteiger partial charge in [-0.1, -0.05) is 12.1 Å². The van der Waals surface area contributed by atoms with Crippen LogP contribution in [-0.4, -0.2) is 9.11 Å². The van der Waals surface area contributed by atoms with E-state index in [0.717, 1.165) is 10.8 Å². The maximum atomic E-state index is 11.3. The molecule has 0 aliphatic carbocycles. The molecule has 0 aromatic heterocycles. The highest BCUT2D eigenvalue weighted by molar-refractivity contribution is 8.14. The van der Waals surface area contributed by atoms with Crippen molar-refractivity contribution in [3.8, 4) is 0 Å². The van der Waals surface area contributed by atoms with Crippen LogP contribution in [0.1, 0.15) is 0 Å². The maximum Gasteiger partial charge on any atom is 0.181 e. The first-order valence-electron chi connectivity index (χ1n) is 4.28. The highest BCUT2D eigenvalue weighted by Gasteiger charge is 2.15. The number of fused-ring (bicyclic) bond motifs is 1. The van der Waals surface area contributed by atoms with Crippen LogP contribution in [-0.2, 0) is 20.8 Å². The van der Waals surface area contributed by atoms with E-state index in [-0.39, 0.29) is 0 Å². The lowest BCUT2D eigenvalue weighted by Gasteiger charge is -2.05. The molecule has 84 valence electrons. The first kappa shape index (κ1) is 12.4. The molecular weight excluding hydrogens is 287 g/mol. The Labute approximate surface area is 108 Å². The molecule has 2 atom stereocenters. The summed E-state index contributed by atoms with van der Waals surface area (Å²) in [5.74, 6) is 0. The first-order valence-corrected chi connectivity index (χ1v) is 8.23. The van der Waals surface area contributed by atoms with Gasteiger partial charge in [-0.05, 0) is 23.6 Å². The minimum Gasteiger partial charge on any atom is -0.594 e. The Morgan fingerprint density at radius 2 is 1.69 bits per heavy atom. The van der Waals surface area contributed by atoms with Crippen molar-refractivity contribution in [2.75, 3.05) is 0 Å². The van der Waals surface area contributed by atoms with E-state index in [0.29, 0.717) is 9.79 Å². The fourth-order valence-corrected chi connectivity index (χ4v) is 3.10. The molecule has 0 bridgehead atoms. The van der Waals surface area contributed by atoms with Crippen molar-refractivity contribution in [3.63, 3.8) is 0 Å². The van der Waals surface area contributed by atoms with Gasteiger partial charge in [0.25, 0.3) is 0 Å². The number of hydrogen-bond donors (Lipinski definition) is 0. The molecule has 6 heteroatoms. The van der Waals surface area contributed by atoms with E-state index in [2.05, 4.69) is 0 Å². The Morgan fingerprint density at radius 3 is 2.31 bits per heavy atom. The number of halogens is 2. The molecule has 2 nitrogen and oxygen atoms in total. The lowest BCUT2D eigenvalue weighted by molar-refractivity contribution is 0.608. The molecule has 0 radical (unpaired) electrons. The fraction of sp³-hybridized carbons (Fsp3) is 0. The van der Waals surface area contributed by atoms with Crippen molar-refractivity contribution in [3.05, 3.63) is 36.4 Å². The topological polar surface area (TPSA) is 46.1 Å². The van der Waals surface area contributed by atoms with Gasteiger partial charge < -0.3 is 9.11 Å². The Bertz CT molecular complexity index is 517. The summed E-state index contributed by atoms with van der Waals surface area (Å²) in [5.41, 5.74) is 0. The van der Waals surface area contributed by atoms with E-state index in [1.807, 2.05) is 6.07 Å². The molecule has 2 unspecified atom stereocenters. The van der Waals surface area contributed by atoms with Gasteiger partial charge in [-0.2, -0.15) is 0 Å². The van der Waals surface area contributed by atoms with E-state index in [1.54, 1.807) is 30.3 Å². The van der Waals surface area contributed by atoms with Gasteiger partial charge in [0.05, 0.1) is 0 Å². The molecule has 0 aliphatic rings. The summed E-state index contributed by atoms with van der Waals surface area (Å²) < 4.78 is 22.4. The number of rotatable bonds is 2. The average Bonchev–Trinajstić information content (AvgIpc) is 2.27. The summed E-state index contributed by atoms with van der Waals surface area (Å²) in [7, 11) is 7.97. The van der Waals surface area contributed by atoms with Gasteiger partial charge in [-0.3, -0.25) is 0 Å². The molecule has 16 heavy (non-hydrogen) atoms.